The number of carbonyl (C=O) groups excluding carboxylic acids is 1. The number of fused-ring (bicyclic) bond motifs is 2. The number of esters is 1. The van der Waals surface area contributed by atoms with E-state index in [0.717, 1.165) is 38.2 Å². The zero-order chi connectivity index (χ0) is 18.8. The minimum absolute atomic E-state index is 0.234. The largest absolute Gasteiger partial charge is 0.461 e. The Labute approximate surface area is 165 Å². The number of piperazine rings is 1. The Morgan fingerprint density at radius 2 is 1.89 bits per heavy atom. The van der Waals surface area contributed by atoms with Crippen LogP contribution >= 0.6 is 11.8 Å². The van der Waals surface area contributed by atoms with Gasteiger partial charge in [-0.05, 0) is 48.4 Å². The average molecular weight is 383 g/mol. The van der Waals surface area contributed by atoms with Gasteiger partial charge in [0.05, 0.1) is 0 Å². The normalized spacial score (nSPS) is 20.4. The first-order valence-corrected chi connectivity index (χ1v) is 10.4. The second-order valence-electron chi connectivity index (χ2n) is 7.42. The molecule has 0 radical (unpaired) electrons. The van der Waals surface area contributed by atoms with Gasteiger partial charge in [-0.1, -0.05) is 36.0 Å². The second kappa shape index (κ2) is 8.05. The molecule has 2 aromatic rings. The van der Waals surface area contributed by atoms with Crippen molar-refractivity contribution in [3.8, 4) is 0 Å². The highest BCUT2D eigenvalue weighted by atomic mass is 32.2. The molecule has 0 N–H and O–H groups in total. The van der Waals surface area contributed by atoms with Crippen LogP contribution in [-0.4, -0.2) is 49.0 Å². The Kier molecular flexibility index (Phi) is 5.53. The van der Waals surface area contributed by atoms with Crippen LogP contribution in [-0.2, 0) is 22.6 Å². The molecule has 142 valence electrons. The van der Waals surface area contributed by atoms with Crippen LogP contribution in [0.4, 0.5) is 0 Å². The second-order valence-corrected chi connectivity index (χ2v) is 8.51. The van der Waals surface area contributed by atoms with Crippen molar-refractivity contribution in [3.63, 3.8) is 0 Å². The molecule has 1 atom stereocenters. The lowest BCUT2D eigenvalue weighted by Gasteiger charge is -2.38. The molecule has 27 heavy (non-hydrogen) atoms. The number of carbonyl (C=O) groups is 1. The van der Waals surface area contributed by atoms with Crippen molar-refractivity contribution in [3.05, 3.63) is 59.2 Å². The van der Waals surface area contributed by atoms with E-state index in [-0.39, 0.29) is 5.97 Å². The predicted molar refractivity (Wildman–Crippen MR) is 108 cm³/mol. The van der Waals surface area contributed by atoms with E-state index >= 15 is 0 Å². The first-order chi connectivity index (χ1) is 13.1. The molecule has 5 heteroatoms. The van der Waals surface area contributed by atoms with E-state index in [9.17, 15) is 4.79 Å². The SMILES string of the molecule is CC(=O)OCc1ccc2c(c1)C(N1CCN(C)CC1)Cc1ccccc1S2. The van der Waals surface area contributed by atoms with Crippen LogP contribution in [0.25, 0.3) is 0 Å². The molecule has 2 aliphatic rings. The highest BCUT2D eigenvalue weighted by molar-refractivity contribution is 7.99. The van der Waals surface area contributed by atoms with Crippen molar-refractivity contribution in [2.75, 3.05) is 33.2 Å². The molecular formula is C22H26N2O2S. The molecule has 0 aromatic heterocycles. The van der Waals surface area contributed by atoms with Crippen molar-refractivity contribution in [1.82, 2.24) is 9.80 Å². The standard InChI is InChI=1S/C22H26N2O2S/c1-16(25)26-15-17-7-8-22-19(13-17)20(24-11-9-23(2)10-12-24)14-18-5-3-4-6-21(18)27-22/h3-8,13,20H,9-12,14-15H2,1-2H3. The highest BCUT2D eigenvalue weighted by Crippen LogP contribution is 2.43. The van der Waals surface area contributed by atoms with Gasteiger partial charge >= 0.3 is 5.97 Å². The molecule has 2 aliphatic heterocycles. The highest BCUT2D eigenvalue weighted by Gasteiger charge is 2.29. The number of likely N-dealkylation sites (N-methyl/N-ethyl adjacent to an activating group) is 1. The molecule has 0 bridgehead atoms. The minimum atomic E-state index is -0.234. The zero-order valence-electron chi connectivity index (χ0n) is 16.0. The van der Waals surface area contributed by atoms with Gasteiger partial charge in [0, 0.05) is 48.9 Å². The number of ether oxygens (including phenoxy) is 1. The van der Waals surface area contributed by atoms with E-state index in [1.54, 1.807) is 0 Å². The summed E-state index contributed by atoms with van der Waals surface area (Å²) in [5.74, 6) is -0.234. The van der Waals surface area contributed by atoms with Gasteiger partial charge in [0.25, 0.3) is 0 Å². The number of hydrogen-bond donors (Lipinski definition) is 0. The topological polar surface area (TPSA) is 32.8 Å². The molecule has 1 unspecified atom stereocenters. The zero-order valence-corrected chi connectivity index (χ0v) is 16.8. The monoisotopic (exact) mass is 382 g/mol. The maximum absolute atomic E-state index is 11.2. The molecule has 0 amide bonds. The third-order valence-electron chi connectivity index (χ3n) is 5.46. The fourth-order valence-electron chi connectivity index (χ4n) is 3.89. The predicted octanol–water partition coefficient (Wildman–Crippen LogP) is 3.75. The molecule has 2 heterocycles. The summed E-state index contributed by atoms with van der Waals surface area (Å²) < 4.78 is 5.24. The van der Waals surface area contributed by atoms with E-state index in [4.69, 9.17) is 4.74 Å². The van der Waals surface area contributed by atoms with E-state index in [2.05, 4.69) is 59.3 Å². The van der Waals surface area contributed by atoms with Crippen LogP contribution in [0.1, 0.15) is 29.7 Å². The Morgan fingerprint density at radius 1 is 1.11 bits per heavy atom. The Balaban J connectivity index is 1.70. The average Bonchev–Trinajstić information content (AvgIpc) is 2.83. The fraction of sp³-hybridized carbons (Fsp3) is 0.409. The van der Waals surface area contributed by atoms with Gasteiger partial charge in [0.1, 0.15) is 6.61 Å². The van der Waals surface area contributed by atoms with Crippen molar-refractivity contribution in [2.45, 2.75) is 35.8 Å². The molecule has 4 rings (SSSR count). The van der Waals surface area contributed by atoms with Crippen molar-refractivity contribution < 1.29 is 9.53 Å². The van der Waals surface area contributed by atoms with Crippen LogP contribution < -0.4 is 0 Å². The summed E-state index contributed by atoms with van der Waals surface area (Å²) in [7, 11) is 2.20. The van der Waals surface area contributed by atoms with Crippen LogP contribution in [0.2, 0.25) is 0 Å². The molecule has 0 aliphatic carbocycles. The Hall–Kier alpha value is -1.82. The Bertz CT molecular complexity index is 831. The first-order valence-electron chi connectivity index (χ1n) is 9.54. The van der Waals surface area contributed by atoms with Gasteiger partial charge < -0.3 is 9.64 Å². The lowest BCUT2D eigenvalue weighted by molar-refractivity contribution is -0.142. The number of nitrogens with zero attached hydrogens (tertiary/aromatic N) is 2. The van der Waals surface area contributed by atoms with Gasteiger partial charge in [-0.2, -0.15) is 0 Å². The maximum Gasteiger partial charge on any atom is 0.302 e. The van der Waals surface area contributed by atoms with E-state index < -0.39 is 0 Å². The van der Waals surface area contributed by atoms with Crippen LogP contribution in [0.3, 0.4) is 0 Å². The van der Waals surface area contributed by atoms with E-state index in [0.29, 0.717) is 12.6 Å². The lowest BCUT2D eigenvalue weighted by Crippen LogP contribution is -2.46. The molecule has 0 spiro atoms. The smallest absolute Gasteiger partial charge is 0.302 e. The molecule has 4 nitrogen and oxygen atoms in total. The summed E-state index contributed by atoms with van der Waals surface area (Å²) in [6.45, 7) is 6.18. The van der Waals surface area contributed by atoms with E-state index in [1.807, 2.05) is 11.8 Å². The van der Waals surface area contributed by atoms with Crippen molar-refractivity contribution in [1.29, 1.82) is 0 Å². The van der Waals surface area contributed by atoms with Crippen molar-refractivity contribution in [2.24, 2.45) is 0 Å². The van der Waals surface area contributed by atoms with Gasteiger partial charge in [0.2, 0.25) is 0 Å². The molecule has 2 aromatic carbocycles. The maximum atomic E-state index is 11.2. The quantitative estimate of drug-likeness (QED) is 0.755. The third kappa shape index (κ3) is 4.21. The first kappa shape index (κ1) is 18.5. The summed E-state index contributed by atoms with van der Waals surface area (Å²) in [6, 6.07) is 15.6. The summed E-state index contributed by atoms with van der Waals surface area (Å²) in [5, 5.41) is 0. The summed E-state index contributed by atoms with van der Waals surface area (Å²) in [6.07, 6.45) is 1.02. The van der Waals surface area contributed by atoms with Crippen LogP contribution in [0.5, 0.6) is 0 Å². The van der Waals surface area contributed by atoms with Gasteiger partial charge in [-0.3, -0.25) is 9.69 Å². The molecule has 1 fully saturated rings. The van der Waals surface area contributed by atoms with Crippen molar-refractivity contribution >= 4 is 17.7 Å². The van der Waals surface area contributed by atoms with E-state index in [1.165, 1.54) is 27.8 Å². The molecule has 1 saturated heterocycles. The van der Waals surface area contributed by atoms with Crippen LogP contribution in [0, 0.1) is 0 Å². The summed E-state index contributed by atoms with van der Waals surface area (Å²) in [4.78, 5) is 18.9. The minimum Gasteiger partial charge on any atom is -0.461 e. The number of rotatable bonds is 3. The Morgan fingerprint density at radius 3 is 2.67 bits per heavy atom. The summed E-state index contributed by atoms with van der Waals surface area (Å²) >= 11 is 1.86. The molecular weight excluding hydrogens is 356 g/mol. The van der Waals surface area contributed by atoms with Gasteiger partial charge in [0.15, 0.2) is 0 Å². The third-order valence-corrected chi connectivity index (χ3v) is 6.67. The number of benzene rings is 2. The number of hydrogen-bond acceptors (Lipinski definition) is 5. The van der Waals surface area contributed by atoms with Crippen LogP contribution in [0.15, 0.2) is 52.3 Å². The summed E-state index contributed by atoms with van der Waals surface area (Å²) in [5.41, 5.74) is 3.85. The fourth-order valence-corrected chi connectivity index (χ4v) is 5.01. The van der Waals surface area contributed by atoms with Gasteiger partial charge in [-0.25, -0.2) is 0 Å². The lowest BCUT2D eigenvalue weighted by atomic mass is 9.95. The molecule has 0 saturated carbocycles. The van der Waals surface area contributed by atoms with Gasteiger partial charge in [-0.15, -0.1) is 0 Å².